The van der Waals surface area contributed by atoms with Crippen molar-refractivity contribution in [1.29, 1.82) is 0 Å². The smallest absolute Gasteiger partial charge is 0.0585 e. The molecule has 1 atom stereocenters. The molecule has 16 heavy (non-hydrogen) atoms. The lowest BCUT2D eigenvalue weighted by Crippen LogP contribution is -2.35. The molecule has 0 aliphatic heterocycles. The van der Waals surface area contributed by atoms with Gasteiger partial charge >= 0.3 is 0 Å². The second kappa shape index (κ2) is 8.97. The van der Waals surface area contributed by atoms with Crippen LogP contribution in [0.1, 0.15) is 51.9 Å². The zero-order chi connectivity index (χ0) is 11.6. The summed E-state index contributed by atoms with van der Waals surface area (Å²) in [6, 6.07) is 0.907. The van der Waals surface area contributed by atoms with E-state index < -0.39 is 0 Å². The normalized spacial score (nSPS) is 17.6. The lowest BCUT2D eigenvalue weighted by Gasteiger charge is -2.15. The fourth-order valence-electron chi connectivity index (χ4n) is 1.77. The van der Waals surface area contributed by atoms with Crippen LogP contribution in [0.15, 0.2) is 0 Å². The fourth-order valence-corrected chi connectivity index (χ4v) is 1.77. The number of aliphatic hydroxyl groups excluding tert-OH is 1. The van der Waals surface area contributed by atoms with Gasteiger partial charge in [-0.1, -0.05) is 26.2 Å². The largest absolute Gasteiger partial charge is 0.395 e. The van der Waals surface area contributed by atoms with E-state index in [4.69, 9.17) is 9.84 Å². The number of hydrogen-bond donors (Lipinski definition) is 2. The highest BCUT2D eigenvalue weighted by Crippen LogP contribution is 2.19. The minimum absolute atomic E-state index is 0.232. The predicted octanol–water partition coefficient (Wildman–Crippen LogP) is 2.09. The van der Waals surface area contributed by atoms with Crippen LogP contribution in [-0.2, 0) is 4.74 Å². The summed E-state index contributed by atoms with van der Waals surface area (Å²) in [7, 11) is 0. The molecule has 1 aliphatic rings. The Bertz CT molecular complexity index is 160. The van der Waals surface area contributed by atoms with Crippen LogP contribution in [-0.4, -0.2) is 37.0 Å². The molecule has 0 amide bonds. The first kappa shape index (κ1) is 13.9. The van der Waals surface area contributed by atoms with Crippen LogP contribution in [0.4, 0.5) is 0 Å². The van der Waals surface area contributed by atoms with E-state index in [2.05, 4.69) is 12.2 Å². The topological polar surface area (TPSA) is 41.5 Å². The summed E-state index contributed by atoms with van der Waals surface area (Å²) in [5, 5.41) is 12.6. The predicted molar refractivity (Wildman–Crippen MR) is 66.6 cm³/mol. The maximum Gasteiger partial charge on any atom is 0.0585 e. The molecule has 0 aromatic heterocycles. The van der Waals surface area contributed by atoms with E-state index in [-0.39, 0.29) is 12.6 Å². The van der Waals surface area contributed by atoms with E-state index in [0.717, 1.165) is 19.6 Å². The summed E-state index contributed by atoms with van der Waals surface area (Å²) in [5.41, 5.74) is 0. The molecular formula is C13H27NO2. The Morgan fingerprint density at radius 3 is 2.69 bits per heavy atom. The molecule has 0 aromatic carbocycles. The van der Waals surface area contributed by atoms with Crippen molar-refractivity contribution in [2.45, 2.75) is 64.0 Å². The molecule has 0 aromatic rings. The van der Waals surface area contributed by atoms with Gasteiger partial charge in [0, 0.05) is 25.3 Å². The Labute approximate surface area is 99.6 Å². The number of hydrogen-bond acceptors (Lipinski definition) is 3. The first-order chi connectivity index (χ1) is 7.86. The number of rotatable bonds is 11. The Hall–Kier alpha value is -0.120. The Balaban J connectivity index is 1.84. The van der Waals surface area contributed by atoms with E-state index >= 15 is 0 Å². The third-order valence-corrected chi connectivity index (χ3v) is 3.02. The SMILES string of the molecule is CCCCCCOCCC(CO)NC1CC1. The van der Waals surface area contributed by atoms with Crippen LogP contribution < -0.4 is 5.32 Å². The van der Waals surface area contributed by atoms with Crippen LogP contribution in [0.5, 0.6) is 0 Å². The van der Waals surface area contributed by atoms with Crippen molar-refractivity contribution in [1.82, 2.24) is 5.32 Å². The van der Waals surface area contributed by atoms with Gasteiger partial charge in [0.15, 0.2) is 0 Å². The zero-order valence-electron chi connectivity index (χ0n) is 10.6. The van der Waals surface area contributed by atoms with Crippen molar-refractivity contribution in [3.8, 4) is 0 Å². The van der Waals surface area contributed by atoms with Crippen molar-refractivity contribution in [3.63, 3.8) is 0 Å². The minimum atomic E-state index is 0.232. The molecule has 0 radical (unpaired) electrons. The second-order valence-corrected chi connectivity index (χ2v) is 4.78. The van der Waals surface area contributed by atoms with Gasteiger partial charge in [-0.25, -0.2) is 0 Å². The van der Waals surface area contributed by atoms with Crippen molar-refractivity contribution in [3.05, 3.63) is 0 Å². The van der Waals surface area contributed by atoms with E-state index in [1.165, 1.54) is 38.5 Å². The Morgan fingerprint density at radius 2 is 2.06 bits per heavy atom. The van der Waals surface area contributed by atoms with Gasteiger partial charge in [0.1, 0.15) is 0 Å². The average molecular weight is 229 g/mol. The molecule has 1 aliphatic carbocycles. The van der Waals surface area contributed by atoms with Crippen molar-refractivity contribution >= 4 is 0 Å². The fraction of sp³-hybridized carbons (Fsp3) is 1.00. The average Bonchev–Trinajstić information content (AvgIpc) is 3.10. The Morgan fingerprint density at radius 1 is 1.25 bits per heavy atom. The highest BCUT2D eigenvalue weighted by atomic mass is 16.5. The third kappa shape index (κ3) is 7.20. The molecule has 0 spiro atoms. The summed E-state index contributed by atoms with van der Waals surface area (Å²) in [6.45, 7) is 4.10. The third-order valence-electron chi connectivity index (χ3n) is 3.02. The van der Waals surface area contributed by atoms with Crippen LogP contribution in [0.2, 0.25) is 0 Å². The summed E-state index contributed by atoms with van der Waals surface area (Å²) in [4.78, 5) is 0. The molecule has 0 saturated heterocycles. The summed E-state index contributed by atoms with van der Waals surface area (Å²) in [5.74, 6) is 0. The van der Waals surface area contributed by atoms with Gasteiger partial charge in [0.05, 0.1) is 6.61 Å². The first-order valence-corrected chi connectivity index (χ1v) is 6.81. The van der Waals surface area contributed by atoms with Crippen molar-refractivity contribution in [2.75, 3.05) is 19.8 Å². The second-order valence-electron chi connectivity index (χ2n) is 4.78. The molecule has 2 N–H and O–H groups in total. The number of nitrogens with one attached hydrogen (secondary N) is 1. The lowest BCUT2D eigenvalue weighted by atomic mass is 10.2. The number of aliphatic hydroxyl groups is 1. The van der Waals surface area contributed by atoms with Gasteiger partial charge in [-0.2, -0.15) is 0 Å². The summed E-state index contributed by atoms with van der Waals surface area (Å²) < 4.78 is 5.56. The van der Waals surface area contributed by atoms with E-state index in [9.17, 15) is 0 Å². The monoisotopic (exact) mass is 229 g/mol. The molecular weight excluding hydrogens is 202 g/mol. The van der Waals surface area contributed by atoms with Gasteiger partial charge in [-0.05, 0) is 25.7 Å². The molecule has 0 heterocycles. The van der Waals surface area contributed by atoms with Gasteiger partial charge in [0.25, 0.3) is 0 Å². The van der Waals surface area contributed by atoms with Crippen molar-refractivity contribution in [2.24, 2.45) is 0 Å². The molecule has 1 saturated carbocycles. The number of unbranched alkanes of at least 4 members (excludes halogenated alkanes) is 3. The van der Waals surface area contributed by atoms with E-state index in [1.54, 1.807) is 0 Å². The molecule has 1 fully saturated rings. The van der Waals surface area contributed by atoms with E-state index in [1.807, 2.05) is 0 Å². The number of ether oxygens (including phenoxy) is 1. The maximum absolute atomic E-state index is 9.16. The quantitative estimate of drug-likeness (QED) is 0.533. The van der Waals surface area contributed by atoms with Crippen LogP contribution in [0.25, 0.3) is 0 Å². The highest BCUT2D eigenvalue weighted by molar-refractivity contribution is 4.84. The van der Waals surface area contributed by atoms with Gasteiger partial charge in [0.2, 0.25) is 0 Å². The first-order valence-electron chi connectivity index (χ1n) is 6.81. The summed E-state index contributed by atoms with van der Waals surface area (Å²) >= 11 is 0. The Kier molecular flexibility index (Phi) is 7.81. The van der Waals surface area contributed by atoms with Crippen LogP contribution >= 0.6 is 0 Å². The molecule has 0 bridgehead atoms. The van der Waals surface area contributed by atoms with Gasteiger partial charge < -0.3 is 15.2 Å². The van der Waals surface area contributed by atoms with Crippen molar-refractivity contribution < 1.29 is 9.84 Å². The minimum Gasteiger partial charge on any atom is -0.395 e. The highest BCUT2D eigenvalue weighted by Gasteiger charge is 2.23. The van der Waals surface area contributed by atoms with Crippen LogP contribution in [0.3, 0.4) is 0 Å². The van der Waals surface area contributed by atoms with E-state index in [0.29, 0.717) is 6.04 Å². The van der Waals surface area contributed by atoms with Gasteiger partial charge in [-0.15, -0.1) is 0 Å². The molecule has 1 rings (SSSR count). The summed E-state index contributed by atoms with van der Waals surface area (Å²) in [6.07, 6.45) is 8.52. The van der Waals surface area contributed by atoms with Gasteiger partial charge in [-0.3, -0.25) is 0 Å². The standard InChI is InChI=1S/C13H27NO2/c1-2-3-4-5-9-16-10-8-13(11-15)14-12-6-7-12/h12-15H,2-11H2,1H3. The molecule has 3 nitrogen and oxygen atoms in total. The maximum atomic E-state index is 9.16. The zero-order valence-corrected chi connectivity index (χ0v) is 10.6. The van der Waals surface area contributed by atoms with Crippen LogP contribution in [0, 0.1) is 0 Å². The molecule has 96 valence electrons. The molecule has 1 unspecified atom stereocenters. The lowest BCUT2D eigenvalue weighted by molar-refractivity contribution is 0.110. The molecule has 3 heteroatoms.